The van der Waals surface area contributed by atoms with Gasteiger partial charge in [0.05, 0.1) is 15.8 Å². The minimum atomic E-state index is -1.13. The first-order valence-electron chi connectivity index (χ1n) is 8.43. The number of fused-ring (bicyclic) bond motifs is 1. The number of rotatable bonds is 5. The Morgan fingerprint density at radius 3 is 2.68 bits per heavy atom. The van der Waals surface area contributed by atoms with Crippen LogP contribution in [0.2, 0.25) is 0 Å². The van der Waals surface area contributed by atoms with Gasteiger partial charge >= 0.3 is 5.97 Å². The third-order valence-corrected chi connectivity index (χ3v) is 6.48. The number of halogens is 1. The van der Waals surface area contributed by atoms with Crippen molar-refractivity contribution in [1.82, 2.24) is 4.98 Å². The minimum absolute atomic E-state index is 0.0442. The Hall–Kier alpha value is -2.90. The molecule has 7 heteroatoms. The van der Waals surface area contributed by atoms with E-state index in [2.05, 4.69) is 4.98 Å². The second-order valence-electron chi connectivity index (χ2n) is 6.30. The number of benzene rings is 2. The number of carboxylic acid groups (broad SMARTS) is 1. The molecule has 2 aromatic heterocycles. The Labute approximate surface area is 167 Å². The van der Waals surface area contributed by atoms with E-state index in [1.165, 1.54) is 28.7 Å². The minimum Gasteiger partial charge on any atom is -0.478 e. The van der Waals surface area contributed by atoms with Crippen molar-refractivity contribution in [2.24, 2.45) is 0 Å². The van der Waals surface area contributed by atoms with Gasteiger partial charge in [-0.25, -0.2) is 14.2 Å². The maximum absolute atomic E-state index is 13.9. The Kier molecular flexibility index (Phi) is 4.78. The summed E-state index contributed by atoms with van der Waals surface area (Å²) in [6, 6.07) is 12.1. The third kappa shape index (κ3) is 3.34. The molecule has 4 rings (SSSR count). The van der Waals surface area contributed by atoms with Crippen LogP contribution in [0.3, 0.4) is 0 Å². The van der Waals surface area contributed by atoms with Crippen molar-refractivity contribution in [2.45, 2.75) is 13.3 Å². The highest BCUT2D eigenvalue weighted by Gasteiger charge is 2.23. The zero-order valence-electron chi connectivity index (χ0n) is 14.7. The molecule has 0 bridgehead atoms. The van der Waals surface area contributed by atoms with Gasteiger partial charge in [0, 0.05) is 16.9 Å². The highest BCUT2D eigenvalue weighted by Crippen LogP contribution is 2.34. The molecular weight excluding hydrogens is 397 g/mol. The van der Waals surface area contributed by atoms with Gasteiger partial charge in [0.2, 0.25) is 0 Å². The van der Waals surface area contributed by atoms with E-state index in [4.69, 9.17) is 0 Å². The topological polar surface area (TPSA) is 67.3 Å². The van der Waals surface area contributed by atoms with Crippen molar-refractivity contribution < 1.29 is 19.1 Å². The van der Waals surface area contributed by atoms with E-state index in [0.717, 1.165) is 10.2 Å². The number of carboxylic acids is 1. The van der Waals surface area contributed by atoms with Gasteiger partial charge in [-0.15, -0.1) is 22.7 Å². The molecule has 4 aromatic rings. The van der Waals surface area contributed by atoms with E-state index in [1.54, 1.807) is 24.4 Å². The van der Waals surface area contributed by atoms with Gasteiger partial charge < -0.3 is 5.11 Å². The molecule has 0 unspecified atom stereocenters. The number of aromatic carboxylic acids is 1. The molecule has 0 saturated heterocycles. The first kappa shape index (κ1) is 18.5. The molecule has 1 N–H and O–H groups in total. The average molecular weight is 411 g/mol. The fraction of sp³-hybridized carbons (Fsp3) is 0.0952. The number of hydrogen-bond acceptors (Lipinski definition) is 5. The van der Waals surface area contributed by atoms with Gasteiger partial charge in [-0.1, -0.05) is 24.3 Å². The van der Waals surface area contributed by atoms with Gasteiger partial charge in [0.15, 0.2) is 10.8 Å². The van der Waals surface area contributed by atoms with Crippen molar-refractivity contribution in [3.63, 3.8) is 0 Å². The predicted molar refractivity (Wildman–Crippen MR) is 109 cm³/mol. The summed E-state index contributed by atoms with van der Waals surface area (Å²) in [6.45, 7) is 1.65. The van der Waals surface area contributed by atoms with Gasteiger partial charge in [-0.3, -0.25) is 4.79 Å². The van der Waals surface area contributed by atoms with Crippen molar-refractivity contribution in [1.29, 1.82) is 0 Å². The number of nitrogens with zero attached hydrogens (tertiary/aromatic N) is 1. The van der Waals surface area contributed by atoms with Crippen molar-refractivity contribution in [3.05, 3.63) is 74.7 Å². The van der Waals surface area contributed by atoms with Crippen LogP contribution in [0, 0.1) is 12.7 Å². The SMILES string of the molecule is Cc1ccc(-c2csc(CC(=O)c3nc4ccccc4s3)c2C(=O)O)cc1F. The second kappa shape index (κ2) is 7.26. The Morgan fingerprint density at radius 1 is 1.18 bits per heavy atom. The van der Waals surface area contributed by atoms with E-state index in [-0.39, 0.29) is 17.8 Å². The molecule has 140 valence electrons. The number of carbonyl (C=O) groups is 2. The Bertz CT molecular complexity index is 1190. The predicted octanol–water partition coefficient (Wildman–Crippen LogP) is 5.60. The molecule has 2 aromatic carbocycles. The zero-order chi connectivity index (χ0) is 19.8. The van der Waals surface area contributed by atoms with Crippen LogP contribution in [0.15, 0.2) is 47.8 Å². The van der Waals surface area contributed by atoms with Crippen molar-refractivity contribution in [2.75, 3.05) is 0 Å². The Morgan fingerprint density at radius 2 is 1.96 bits per heavy atom. The smallest absolute Gasteiger partial charge is 0.337 e. The van der Waals surface area contributed by atoms with Crippen LogP contribution < -0.4 is 0 Å². The number of aryl methyl sites for hydroxylation is 1. The van der Waals surface area contributed by atoms with E-state index in [0.29, 0.717) is 26.6 Å². The second-order valence-corrected chi connectivity index (χ2v) is 8.30. The van der Waals surface area contributed by atoms with Crippen LogP contribution >= 0.6 is 22.7 Å². The summed E-state index contributed by atoms with van der Waals surface area (Å²) in [5.41, 5.74) is 2.18. The highest BCUT2D eigenvalue weighted by molar-refractivity contribution is 7.20. The Balaban J connectivity index is 1.69. The van der Waals surface area contributed by atoms with Crippen LogP contribution in [0.1, 0.15) is 30.6 Å². The van der Waals surface area contributed by atoms with Gasteiger partial charge in [0.1, 0.15) is 5.82 Å². The van der Waals surface area contributed by atoms with Crippen LogP contribution in [-0.2, 0) is 6.42 Å². The molecule has 0 spiro atoms. The van der Waals surface area contributed by atoms with Crippen LogP contribution in [-0.4, -0.2) is 21.8 Å². The van der Waals surface area contributed by atoms with Gasteiger partial charge in [-0.05, 0) is 41.6 Å². The lowest BCUT2D eigenvalue weighted by Crippen LogP contribution is -2.07. The normalized spacial score (nSPS) is 11.1. The lowest BCUT2D eigenvalue weighted by Gasteiger charge is -2.05. The monoisotopic (exact) mass is 411 g/mol. The fourth-order valence-corrected chi connectivity index (χ4v) is 4.90. The van der Waals surface area contributed by atoms with E-state index >= 15 is 0 Å². The van der Waals surface area contributed by atoms with Crippen LogP contribution in [0.4, 0.5) is 4.39 Å². The number of para-hydroxylation sites is 1. The molecule has 0 saturated carbocycles. The van der Waals surface area contributed by atoms with Gasteiger partial charge in [0.25, 0.3) is 0 Å². The molecule has 0 radical (unpaired) electrons. The molecular formula is C21H14FNO3S2. The molecule has 2 heterocycles. The largest absolute Gasteiger partial charge is 0.478 e. The molecule has 0 aliphatic heterocycles. The summed E-state index contributed by atoms with van der Waals surface area (Å²) in [7, 11) is 0. The molecule has 28 heavy (non-hydrogen) atoms. The van der Waals surface area contributed by atoms with Crippen molar-refractivity contribution >= 4 is 44.6 Å². The quantitative estimate of drug-likeness (QED) is 0.434. The molecule has 4 nitrogen and oxygen atoms in total. The first-order chi connectivity index (χ1) is 13.4. The fourth-order valence-electron chi connectivity index (χ4n) is 2.95. The van der Waals surface area contributed by atoms with Gasteiger partial charge in [-0.2, -0.15) is 0 Å². The zero-order valence-corrected chi connectivity index (χ0v) is 16.4. The number of thiophene rings is 1. The van der Waals surface area contributed by atoms with Crippen LogP contribution in [0.25, 0.3) is 21.3 Å². The number of carbonyl (C=O) groups excluding carboxylic acids is 1. The maximum atomic E-state index is 13.9. The number of hydrogen-bond donors (Lipinski definition) is 1. The average Bonchev–Trinajstić information content (AvgIpc) is 3.28. The molecule has 0 amide bonds. The standard InChI is InChI=1S/C21H14FNO3S2/c1-11-6-7-12(8-14(11)22)13-10-27-18(19(13)21(25)26)9-16(24)20-23-15-4-2-3-5-17(15)28-20/h2-8,10H,9H2,1H3,(H,25,26). The third-order valence-electron chi connectivity index (χ3n) is 4.42. The number of thiazole rings is 1. The summed E-state index contributed by atoms with van der Waals surface area (Å²) in [5, 5.41) is 11.7. The summed E-state index contributed by atoms with van der Waals surface area (Å²) < 4.78 is 14.8. The molecule has 0 aliphatic rings. The number of aromatic nitrogens is 1. The molecule has 0 aliphatic carbocycles. The van der Waals surface area contributed by atoms with E-state index in [1.807, 2.05) is 24.3 Å². The highest BCUT2D eigenvalue weighted by atomic mass is 32.1. The van der Waals surface area contributed by atoms with E-state index < -0.39 is 11.8 Å². The molecule has 0 atom stereocenters. The van der Waals surface area contributed by atoms with Crippen molar-refractivity contribution in [3.8, 4) is 11.1 Å². The summed E-state index contributed by atoms with van der Waals surface area (Å²) >= 11 is 2.48. The number of ketones is 1. The lowest BCUT2D eigenvalue weighted by molar-refractivity contribution is 0.0697. The summed E-state index contributed by atoms with van der Waals surface area (Å²) in [5.74, 6) is -1.76. The van der Waals surface area contributed by atoms with Crippen LogP contribution in [0.5, 0.6) is 0 Å². The maximum Gasteiger partial charge on any atom is 0.337 e. The lowest BCUT2D eigenvalue weighted by atomic mass is 10.00. The summed E-state index contributed by atoms with van der Waals surface area (Å²) in [6.07, 6.45) is -0.0551. The summed E-state index contributed by atoms with van der Waals surface area (Å²) in [4.78, 5) is 29.4. The number of Topliss-reactive ketones (excluding diaryl/α,β-unsaturated/α-hetero) is 1. The van der Waals surface area contributed by atoms with E-state index in [9.17, 15) is 19.1 Å². The first-order valence-corrected chi connectivity index (χ1v) is 10.1. The molecule has 0 fully saturated rings.